The molecule has 0 bridgehead atoms. The predicted molar refractivity (Wildman–Crippen MR) is 132 cm³/mol. The summed E-state index contributed by atoms with van der Waals surface area (Å²) in [6, 6.07) is 3.99. The minimum Gasteiger partial charge on any atom is -0.449 e. The second kappa shape index (κ2) is 12.6. The van der Waals surface area contributed by atoms with Crippen LogP contribution in [0.3, 0.4) is 0 Å². The van der Waals surface area contributed by atoms with Crippen molar-refractivity contribution in [2.45, 2.75) is 38.8 Å². The molecular weight excluding hydrogens is 488 g/mol. The summed E-state index contributed by atoms with van der Waals surface area (Å²) in [6.07, 6.45) is 2.50. The molecule has 1 saturated heterocycles. The van der Waals surface area contributed by atoms with Gasteiger partial charge in [0.25, 0.3) is 5.91 Å². The number of carbonyl (C=O) groups is 3. The second-order valence-electron chi connectivity index (χ2n) is 8.40. The molecule has 2 unspecified atom stereocenters. The van der Waals surface area contributed by atoms with Crippen LogP contribution >= 0.6 is 11.6 Å². The van der Waals surface area contributed by atoms with Crippen LogP contribution in [0.15, 0.2) is 24.5 Å². The first-order valence-corrected chi connectivity index (χ1v) is 12.1. The van der Waals surface area contributed by atoms with E-state index in [1.165, 1.54) is 26.4 Å². The Morgan fingerprint density at radius 2 is 1.94 bits per heavy atom. The van der Waals surface area contributed by atoms with Gasteiger partial charge in [0.05, 0.1) is 36.7 Å². The molecule has 1 fully saturated rings. The van der Waals surface area contributed by atoms with Crippen LogP contribution in [-0.4, -0.2) is 89.2 Å². The zero-order chi connectivity index (χ0) is 26.2. The van der Waals surface area contributed by atoms with Gasteiger partial charge in [0, 0.05) is 34.2 Å². The molecule has 3 rings (SSSR count). The molecule has 36 heavy (non-hydrogen) atoms. The summed E-state index contributed by atoms with van der Waals surface area (Å²) < 4.78 is 10.8. The lowest BCUT2D eigenvalue weighted by Crippen LogP contribution is -2.59. The molecule has 1 aliphatic rings. The number of piperazine rings is 1. The first-order chi connectivity index (χ1) is 17.3. The van der Waals surface area contributed by atoms with E-state index < -0.39 is 12.1 Å². The summed E-state index contributed by atoms with van der Waals surface area (Å²) in [4.78, 5) is 53.5. The van der Waals surface area contributed by atoms with Crippen LogP contribution in [-0.2, 0) is 14.3 Å². The summed E-state index contributed by atoms with van der Waals surface area (Å²) >= 11 is 6.39. The Balaban J connectivity index is 2.01. The van der Waals surface area contributed by atoms with Gasteiger partial charge in [0.1, 0.15) is 17.2 Å². The quantitative estimate of drug-likeness (QED) is 0.417. The summed E-state index contributed by atoms with van der Waals surface area (Å²) in [5, 5.41) is 2.70. The Labute approximate surface area is 215 Å². The smallest absolute Gasteiger partial charge is 0.409 e. The molecule has 0 saturated carbocycles. The van der Waals surface area contributed by atoms with E-state index >= 15 is 0 Å². The van der Waals surface area contributed by atoms with Gasteiger partial charge in [-0.25, -0.2) is 19.7 Å². The zero-order valence-electron chi connectivity index (χ0n) is 20.9. The molecule has 12 heteroatoms. The van der Waals surface area contributed by atoms with Crippen molar-refractivity contribution in [3.8, 4) is 11.4 Å². The number of unbranched alkanes of at least 4 members (excludes halogenated alkanes) is 1. The largest absolute Gasteiger partial charge is 0.449 e. The Morgan fingerprint density at radius 3 is 2.61 bits per heavy atom. The van der Waals surface area contributed by atoms with Gasteiger partial charge in [-0.2, -0.15) is 0 Å². The third kappa shape index (κ3) is 6.46. The van der Waals surface area contributed by atoms with E-state index in [0.717, 1.165) is 12.8 Å². The van der Waals surface area contributed by atoms with Crippen LogP contribution in [0.5, 0.6) is 0 Å². The average Bonchev–Trinajstić information content (AvgIpc) is 2.87. The number of nitrogens with zero attached hydrogens (tertiary/aromatic N) is 5. The van der Waals surface area contributed by atoms with Crippen molar-refractivity contribution in [3.63, 3.8) is 0 Å². The maximum Gasteiger partial charge on any atom is 0.409 e. The Hall–Kier alpha value is -3.31. The number of amides is 3. The van der Waals surface area contributed by atoms with E-state index in [-0.39, 0.29) is 48.4 Å². The minimum atomic E-state index is -0.533. The van der Waals surface area contributed by atoms with Gasteiger partial charge in [-0.3, -0.25) is 9.59 Å². The number of aromatic nitrogens is 3. The fraction of sp³-hybridized carbons (Fsp3) is 0.500. The molecule has 2 aromatic heterocycles. The van der Waals surface area contributed by atoms with Crippen LogP contribution in [0.2, 0.25) is 5.15 Å². The molecule has 0 spiro atoms. The number of rotatable bonds is 8. The highest BCUT2D eigenvalue weighted by atomic mass is 35.5. The lowest BCUT2D eigenvalue weighted by atomic mass is 9.98. The van der Waals surface area contributed by atoms with Crippen molar-refractivity contribution in [1.82, 2.24) is 30.1 Å². The lowest BCUT2D eigenvalue weighted by molar-refractivity contribution is -0.139. The maximum absolute atomic E-state index is 12.8. The van der Waals surface area contributed by atoms with Gasteiger partial charge in [0.2, 0.25) is 5.91 Å². The molecule has 0 aliphatic carbocycles. The fourth-order valence-corrected chi connectivity index (χ4v) is 4.39. The van der Waals surface area contributed by atoms with Crippen LogP contribution in [0.25, 0.3) is 11.4 Å². The van der Waals surface area contributed by atoms with Gasteiger partial charge < -0.3 is 24.6 Å². The summed E-state index contributed by atoms with van der Waals surface area (Å²) in [6.45, 7) is 4.55. The number of methoxy groups -OCH3 is 1. The van der Waals surface area contributed by atoms with E-state index in [0.29, 0.717) is 23.6 Å². The van der Waals surface area contributed by atoms with Crippen molar-refractivity contribution in [2.75, 3.05) is 40.5 Å². The second-order valence-corrected chi connectivity index (χ2v) is 8.79. The van der Waals surface area contributed by atoms with Gasteiger partial charge in [-0.15, -0.1) is 0 Å². The van der Waals surface area contributed by atoms with Crippen molar-refractivity contribution >= 4 is 29.5 Å². The number of ether oxygens (including phenoxy) is 2. The number of hydrogen-bond donors (Lipinski definition) is 1. The van der Waals surface area contributed by atoms with Gasteiger partial charge >= 0.3 is 6.09 Å². The van der Waals surface area contributed by atoms with Crippen molar-refractivity contribution in [2.24, 2.45) is 0 Å². The fourth-order valence-electron chi connectivity index (χ4n) is 4.17. The molecule has 0 radical (unpaired) electrons. The molecule has 3 amide bonds. The first-order valence-electron chi connectivity index (χ1n) is 11.7. The molecule has 1 N–H and O–H groups in total. The average molecular weight is 519 g/mol. The third-order valence-electron chi connectivity index (χ3n) is 5.85. The molecular formula is C24H31ClN6O5. The molecule has 1 aliphatic heterocycles. The summed E-state index contributed by atoms with van der Waals surface area (Å²) in [7, 11) is 3.06. The Kier molecular flexibility index (Phi) is 9.54. The maximum atomic E-state index is 12.8. The molecule has 3 heterocycles. The number of nitrogens with one attached hydrogen (secondary N) is 1. The monoisotopic (exact) mass is 518 g/mol. The van der Waals surface area contributed by atoms with Crippen molar-refractivity contribution in [1.29, 1.82) is 0 Å². The number of hydrogen-bond acceptors (Lipinski definition) is 8. The molecule has 11 nitrogen and oxygen atoms in total. The van der Waals surface area contributed by atoms with Crippen LogP contribution < -0.4 is 5.32 Å². The third-order valence-corrected chi connectivity index (χ3v) is 6.04. The highest BCUT2D eigenvalue weighted by molar-refractivity contribution is 6.29. The normalized spacial score (nSPS) is 17.6. The molecule has 2 atom stereocenters. The number of halogens is 1. The highest BCUT2D eigenvalue weighted by Gasteiger charge is 2.39. The van der Waals surface area contributed by atoms with Crippen molar-refractivity contribution in [3.05, 3.63) is 40.9 Å². The standard InChI is InChI=1S/C24H31ClN6O5/c1-5-6-7-36-24(34)30-11-17(13-35-4)31(15(2)32)21(12-30)16-8-19(29-22(25)9-16)18-10-20(23(33)26-3)28-14-27-18/h8-10,14,17,21H,5-7,11-13H2,1-4H3,(H,26,33). The Bertz CT molecular complexity index is 1100. The molecule has 194 valence electrons. The first kappa shape index (κ1) is 27.3. The van der Waals surface area contributed by atoms with Crippen LogP contribution in [0.1, 0.15) is 48.8 Å². The van der Waals surface area contributed by atoms with E-state index in [1.54, 1.807) is 29.0 Å². The minimum absolute atomic E-state index is 0.167. The van der Waals surface area contributed by atoms with Gasteiger partial charge in [-0.1, -0.05) is 24.9 Å². The van der Waals surface area contributed by atoms with E-state index in [4.69, 9.17) is 21.1 Å². The zero-order valence-corrected chi connectivity index (χ0v) is 21.6. The molecule has 0 aromatic carbocycles. The van der Waals surface area contributed by atoms with E-state index in [2.05, 4.69) is 20.3 Å². The Morgan fingerprint density at radius 1 is 1.17 bits per heavy atom. The van der Waals surface area contributed by atoms with Crippen LogP contribution in [0.4, 0.5) is 4.79 Å². The number of pyridine rings is 1. The van der Waals surface area contributed by atoms with E-state index in [1.807, 2.05) is 6.92 Å². The summed E-state index contributed by atoms with van der Waals surface area (Å²) in [5.41, 5.74) is 1.63. The summed E-state index contributed by atoms with van der Waals surface area (Å²) in [5.74, 6) is -0.532. The highest BCUT2D eigenvalue weighted by Crippen LogP contribution is 2.33. The predicted octanol–water partition coefficient (Wildman–Crippen LogP) is 2.71. The van der Waals surface area contributed by atoms with Crippen LogP contribution in [0, 0.1) is 0 Å². The SMILES string of the molecule is CCCCOC(=O)N1CC(COC)N(C(C)=O)C(c2cc(Cl)nc(-c3cc(C(=O)NC)ncn3)c2)C1. The van der Waals surface area contributed by atoms with Gasteiger partial charge in [0.15, 0.2) is 0 Å². The van der Waals surface area contributed by atoms with E-state index in [9.17, 15) is 14.4 Å². The lowest BCUT2D eigenvalue weighted by Gasteiger charge is -2.46. The number of carbonyl (C=O) groups excluding carboxylic acids is 3. The van der Waals surface area contributed by atoms with Crippen molar-refractivity contribution < 1.29 is 23.9 Å². The molecule has 2 aromatic rings. The van der Waals surface area contributed by atoms with Gasteiger partial charge in [-0.05, 0) is 30.2 Å². The topological polar surface area (TPSA) is 127 Å².